The van der Waals surface area contributed by atoms with E-state index in [4.69, 9.17) is 0 Å². The molecule has 2 atom stereocenters. The van der Waals surface area contributed by atoms with Gasteiger partial charge >= 0.3 is 0 Å². The fourth-order valence-corrected chi connectivity index (χ4v) is 3.59. The summed E-state index contributed by atoms with van der Waals surface area (Å²) in [5, 5.41) is 2.92. The highest BCUT2D eigenvalue weighted by Crippen LogP contribution is 2.30. The molecule has 1 saturated heterocycles. The van der Waals surface area contributed by atoms with Crippen molar-refractivity contribution in [3.63, 3.8) is 0 Å². The second-order valence-electron chi connectivity index (χ2n) is 7.73. The number of carbonyl (C=O) groups is 2. The maximum absolute atomic E-state index is 12.9. The van der Waals surface area contributed by atoms with Gasteiger partial charge in [0.15, 0.2) is 0 Å². The van der Waals surface area contributed by atoms with Crippen LogP contribution in [0, 0.1) is 5.41 Å². The van der Waals surface area contributed by atoms with Gasteiger partial charge in [-0.15, -0.1) is 0 Å². The number of piperazine rings is 1. The summed E-state index contributed by atoms with van der Waals surface area (Å²) in [5.41, 5.74) is -0.243. The van der Waals surface area contributed by atoms with Crippen LogP contribution in [0.25, 0.3) is 0 Å². The van der Waals surface area contributed by atoms with Crippen molar-refractivity contribution in [3.8, 4) is 0 Å². The third-order valence-electron chi connectivity index (χ3n) is 4.92. The van der Waals surface area contributed by atoms with Crippen LogP contribution in [0.5, 0.6) is 0 Å². The molecule has 120 valence electrons. The topological polar surface area (TPSA) is 49.4 Å². The first-order valence-corrected chi connectivity index (χ1v) is 8.45. The second kappa shape index (κ2) is 6.37. The summed E-state index contributed by atoms with van der Waals surface area (Å²) < 4.78 is 0. The van der Waals surface area contributed by atoms with E-state index in [2.05, 4.69) is 5.32 Å². The number of amides is 2. The van der Waals surface area contributed by atoms with E-state index in [1.54, 1.807) is 0 Å². The molecule has 4 nitrogen and oxygen atoms in total. The van der Waals surface area contributed by atoms with Crippen molar-refractivity contribution >= 4 is 11.8 Å². The van der Waals surface area contributed by atoms with Crippen LogP contribution >= 0.6 is 0 Å². The van der Waals surface area contributed by atoms with E-state index in [9.17, 15) is 9.59 Å². The molecule has 2 fully saturated rings. The van der Waals surface area contributed by atoms with E-state index < -0.39 is 6.04 Å². The molecule has 2 amide bonds. The zero-order valence-electron chi connectivity index (χ0n) is 13.9. The van der Waals surface area contributed by atoms with Crippen LogP contribution in [-0.4, -0.2) is 34.8 Å². The van der Waals surface area contributed by atoms with Gasteiger partial charge in [-0.1, -0.05) is 52.9 Å². The molecule has 1 aliphatic carbocycles. The number of carbonyl (C=O) groups excluding carboxylic acids is 2. The first-order chi connectivity index (χ1) is 9.82. The molecule has 1 aliphatic heterocycles. The summed E-state index contributed by atoms with van der Waals surface area (Å²) in [6.45, 7) is 7.91. The predicted octanol–water partition coefficient (Wildman–Crippen LogP) is 2.86. The molecule has 21 heavy (non-hydrogen) atoms. The third-order valence-corrected chi connectivity index (χ3v) is 4.92. The smallest absolute Gasteiger partial charge is 0.246 e. The second-order valence-corrected chi connectivity index (χ2v) is 7.73. The molecule has 1 N–H and O–H groups in total. The fourth-order valence-electron chi connectivity index (χ4n) is 3.59. The van der Waals surface area contributed by atoms with E-state index in [0.29, 0.717) is 0 Å². The lowest BCUT2D eigenvalue weighted by Crippen LogP contribution is -2.67. The standard InChI is InChI=1S/C17H30N2O2/c1-12-15(20)18-14(17(2,3)4)16(21)19(12)13-10-8-6-5-7-9-11-13/h12-14H,5-11H2,1-4H3,(H,18,20). The SMILES string of the molecule is CC1C(=O)NC(C(C)(C)C)C(=O)N1C1CCCCCCC1. The number of hydrogen-bond donors (Lipinski definition) is 1. The Kier molecular flexibility index (Phi) is 4.95. The molecule has 4 heteroatoms. The minimum absolute atomic E-state index is 0.00316. The van der Waals surface area contributed by atoms with E-state index in [1.165, 1.54) is 32.1 Å². The molecule has 1 saturated carbocycles. The van der Waals surface area contributed by atoms with Gasteiger partial charge in [0.2, 0.25) is 11.8 Å². The lowest BCUT2D eigenvalue weighted by Gasteiger charge is -2.46. The van der Waals surface area contributed by atoms with E-state index >= 15 is 0 Å². The Bertz CT molecular complexity index is 392. The van der Waals surface area contributed by atoms with Crippen molar-refractivity contribution in [3.05, 3.63) is 0 Å². The van der Waals surface area contributed by atoms with Crippen LogP contribution < -0.4 is 5.32 Å². The van der Waals surface area contributed by atoms with Crippen molar-refractivity contribution in [1.82, 2.24) is 10.2 Å². The van der Waals surface area contributed by atoms with Crippen LogP contribution in [0.3, 0.4) is 0 Å². The lowest BCUT2D eigenvalue weighted by atomic mass is 9.83. The van der Waals surface area contributed by atoms with Crippen LogP contribution in [0.1, 0.15) is 72.6 Å². The Morgan fingerprint density at radius 3 is 2.05 bits per heavy atom. The van der Waals surface area contributed by atoms with E-state index in [0.717, 1.165) is 12.8 Å². The average molecular weight is 294 g/mol. The van der Waals surface area contributed by atoms with Gasteiger partial charge < -0.3 is 10.2 Å². The lowest BCUT2D eigenvalue weighted by molar-refractivity contribution is -0.155. The number of hydrogen-bond acceptors (Lipinski definition) is 2. The summed E-state index contributed by atoms with van der Waals surface area (Å²) in [6, 6.07) is -0.490. The highest BCUT2D eigenvalue weighted by atomic mass is 16.2. The zero-order valence-corrected chi connectivity index (χ0v) is 13.9. The van der Waals surface area contributed by atoms with Crippen molar-refractivity contribution in [2.45, 2.75) is 90.8 Å². The van der Waals surface area contributed by atoms with Crippen molar-refractivity contribution in [2.24, 2.45) is 5.41 Å². The van der Waals surface area contributed by atoms with Gasteiger partial charge in [-0.2, -0.15) is 0 Å². The highest BCUT2D eigenvalue weighted by molar-refractivity contribution is 5.97. The average Bonchev–Trinajstić information content (AvgIpc) is 2.34. The summed E-state index contributed by atoms with van der Waals surface area (Å²) in [6.07, 6.45) is 8.23. The Hall–Kier alpha value is -1.06. The third kappa shape index (κ3) is 3.58. The van der Waals surface area contributed by atoms with Crippen LogP contribution in [-0.2, 0) is 9.59 Å². The first-order valence-electron chi connectivity index (χ1n) is 8.45. The molecule has 0 aromatic rings. The monoisotopic (exact) mass is 294 g/mol. The van der Waals surface area contributed by atoms with E-state index in [-0.39, 0.29) is 29.3 Å². The largest absolute Gasteiger partial charge is 0.342 e. The molecular weight excluding hydrogens is 264 g/mol. The summed E-state index contributed by atoms with van der Waals surface area (Å²) in [7, 11) is 0. The molecule has 2 rings (SSSR count). The molecule has 0 aromatic carbocycles. The molecular formula is C17H30N2O2. The van der Waals surface area contributed by atoms with E-state index in [1.807, 2.05) is 32.6 Å². The Labute approximate surface area is 128 Å². The number of nitrogens with zero attached hydrogens (tertiary/aromatic N) is 1. The highest BCUT2D eigenvalue weighted by Gasteiger charge is 2.45. The van der Waals surface area contributed by atoms with Crippen LogP contribution in [0.15, 0.2) is 0 Å². The predicted molar refractivity (Wildman–Crippen MR) is 83.8 cm³/mol. The summed E-state index contributed by atoms with van der Waals surface area (Å²) in [5.74, 6) is 0.108. The van der Waals surface area contributed by atoms with Crippen molar-refractivity contribution < 1.29 is 9.59 Å². The maximum Gasteiger partial charge on any atom is 0.246 e. The fraction of sp³-hybridized carbons (Fsp3) is 0.882. The molecule has 0 radical (unpaired) electrons. The molecule has 0 bridgehead atoms. The Morgan fingerprint density at radius 1 is 1.00 bits per heavy atom. The molecule has 2 aliphatic rings. The Morgan fingerprint density at radius 2 is 1.52 bits per heavy atom. The zero-order chi connectivity index (χ0) is 15.6. The van der Waals surface area contributed by atoms with Crippen molar-refractivity contribution in [1.29, 1.82) is 0 Å². The van der Waals surface area contributed by atoms with Gasteiger partial charge in [0, 0.05) is 6.04 Å². The van der Waals surface area contributed by atoms with Crippen molar-refractivity contribution in [2.75, 3.05) is 0 Å². The summed E-state index contributed by atoms with van der Waals surface area (Å²) in [4.78, 5) is 27.1. The van der Waals surface area contributed by atoms with Crippen LogP contribution in [0.2, 0.25) is 0 Å². The van der Waals surface area contributed by atoms with Gasteiger partial charge in [0.1, 0.15) is 12.1 Å². The molecule has 1 heterocycles. The van der Waals surface area contributed by atoms with Gasteiger partial charge in [0.05, 0.1) is 0 Å². The minimum atomic E-state index is -0.397. The maximum atomic E-state index is 12.9. The summed E-state index contributed by atoms with van der Waals surface area (Å²) >= 11 is 0. The Balaban J connectivity index is 2.21. The number of nitrogens with one attached hydrogen (secondary N) is 1. The normalized spacial score (nSPS) is 29.8. The minimum Gasteiger partial charge on any atom is -0.342 e. The van der Waals surface area contributed by atoms with Crippen LogP contribution in [0.4, 0.5) is 0 Å². The molecule has 2 unspecified atom stereocenters. The van der Waals surface area contributed by atoms with Gasteiger partial charge in [0.25, 0.3) is 0 Å². The number of rotatable bonds is 1. The van der Waals surface area contributed by atoms with Gasteiger partial charge in [-0.05, 0) is 25.2 Å². The molecule has 0 spiro atoms. The van der Waals surface area contributed by atoms with Gasteiger partial charge in [-0.3, -0.25) is 9.59 Å². The first kappa shape index (κ1) is 16.3. The van der Waals surface area contributed by atoms with Gasteiger partial charge in [-0.25, -0.2) is 0 Å². The molecule has 0 aromatic heterocycles. The quantitative estimate of drug-likeness (QED) is 0.808.